The van der Waals surface area contributed by atoms with Gasteiger partial charge in [-0.15, -0.1) is 0 Å². The summed E-state index contributed by atoms with van der Waals surface area (Å²) in [6.45, 7) is 7.67. The number of carbonyl (C=O) groups is 2. The molecule has 0 bridgehead atoms. The van der Waals surface area contributed by atoms with Gasteiger partial charge in [-0.2, -0.15) is 0 Å². The van der Waals surface area contributed by atoms with Crippen molar-refractivity contribution in [3.63, 3.8) is 0 Å². The molecule has 1 heterocycles. The van der Waals surface area contributed by atoms with Gasteiger partial charge >= 0.3 is 0 Å². The summed E-state index contributed by atoms with van der Waals surface area (Å²) < 4.78 is 24.9. The number of hydrogen-bond acceptors (Lipinski definition) is 4. The highest BCUT2D eigenvalue weighted by atomic mass is 19.1. The van der Waals surface area contributed by atoms with Crippen LogP contribution in [0.3, 0.4) is 0 Å². The summed E-state index contributed by atoms with van der Waals surface area (Å²) in [7, 11) is 0. The van der Waals surface area contributed by atoms with E-state index in [2.05, 4.69) is 10.6 Å². The molecule has 33 heavy (non-hydrogen) atoms. The smallest absolute Gasteiger partial charge is 0.251 e. The van der Waals surface area contributed by atoms with Crippen LogP contribution < -0.4 is 15.4 Å². The van der Waals surface area contributed by atoms with E-state index in [4.69, 9.17) is 9.47 Å². The predicted octanol–water partition coefficient (Wildman–Crippen LogP) is 3.84. The Hall–Kier alpha value is -2.93. The standard InChI is InChI=1S/C26H33FN2O4/c1-4-33-22-10-8-19(9-11-22)24(30)29-23(18(2)3)25(31)28-17-26(12-14-32-15-13-26)20-6-5-7-21(27)16-20/h5-11,16,18,23H,4,12-15,17H2,1-3H3,(H,28,31)(H,29,30). The number of amides is 2. The van der Waals surface area contributed by atoms with E-state index >= 15 is 0 Å². The van der Waals surface area contributed by atoms with Gasteiger partial charge in [-0.1, -0.05) is 26.0 Å². The van der Waals surface area contributed by atoms with E-state index in [9.17, 15) is 14.0 Å². The molecule has 0 saturated carbocycles. The fourth-order valence-electron chi connectivity index (χ4n) is 4.14. The van der Waals surface area contributed by atoms with Crippen molar-refractivity contribution in [1.82, 2.24) is 10.6 Å². The molecule has 2 aromatic carbocycles. The lowest BCUT2D eigenvalue weighted by atomic mass is 9.74. The van der Waals surface area contributed by atoms with E-state index in [-0.39, 0.29) is 23.5 Å². The summed E-state index contributed by atoms with van der Waals surface area (Å²) in [6, 6.07) is 12.7. The first-order valence-corrected chi connectivity index (χ1v) is 11.5. The molecule has 0 radical (unpaired) electrons. The van der Waals surface area contributed by atoms with Gasteiger partial charge in [0.15, 0.2) is 0 Å². The van der Waals surface area contributed by atoms with Crippen molar-refractivity contribution >= 4 is 11.8 Å². The molecular formula is C26H33FN2O4. The van der Waals surface area contributed by atoms with Crippen molar-refractivity contribution in [2.75, 3.05) is 26.4 Å². The summed E-state index contributed by atoms with van der Waals surface area (Å²) >= 11 is 0. The van der Waals surface area contributed by atoms with Crippen molar-refractivity contribution in [2.45, 2.75) is 45.1 Å². The minimum Gasteiger partial charge on any atom is -0.494 e. The quantitative estimate of drug-likeness (QED) is 0.601. The topological polar surface area (TPSA) is 76.7 Å². The Bertz CT molecular complexity index is 940. The number of halogens is 1. The van der Waals surface area contributed by atoms with Gasteiger partial charge in [0, 0.05) is 30.7 Å². The molecule has 1 aliphatic heterocycles. The minimum absolute atomic E-state index is 0.114. The summed E-state index contributed by atoms with van der Waals surface area (Å²) in [4.78, 5) is 25.9. The zero-order valence-corrected chi connectivity index (χ0v) is 19.5. The van der Waals surface area contributed by atoms with Crippen LogP contribution in [0.25, 0.3) is 0 Å². The Labute approximate surface area is 194 Å². The fourth-order valence-corrected chi connectivity index (χ4v) is 4.14. The molecule has 0 aliphatic carbocycles. The molecule has 2 N–H and O–H groups in total. The van der Waals surface area contributed by atoms with Crippen LogP contribution in [0.1, 0.15) is 49.5 Å². The van der Waals surface area contributed by atoms with Gasteiger partial charge in [0.1, 0.15) is 17.6 Å². The first-order chi connectivity index (χ1) is 15.8. The Morgan fingerprint density at radius 3 is 2.42 bits per heavy atom. The Morgan fingerprint density at radius 1 is 1.12 bits per heavy atom. The third-order valence-electron chi connectivity index (χ3n) is 6.15. The molecule has 1 fully saturated rings. The van der Waals surface area contributed by atoms with Crippen LogP contribution in [0, 0.1) is 11.7 Å². The van der Waals surface area contributed by atoms with Crippen LogP contribution in [0.15, 0.2) is 48.5 Å². The molecule has 7 heteroatoms. The third-order valence-corrected chi connectivity index (χ3v) is 6.15. The van der Waals surface area contributed by atoms with Crippen LogP contribution in [0.5, 0.6) is 5.75 Å². The second-order valence-corrected chi connectivity index (χ2v) is 8.77. The molecule has 3 rings (SSSR count). The van der Waals surface area contributed by atoms with Crippen LogP contribution >= 0.6 is 0 Å². The normalized spacial score (nSPS) is 16.2. The van der Waals surface area contributed by atoms with Crippen LogP contribution in [-0.2, 0) is 14.9 Å². The minimum atomic E-state index is -0.700. The monoisotopic (exact) mass is 456 g/mol. The number of carbonyl (C=O) groups excluding carboxylic acids is 2. The Balaban J connectivity index is 1.69. The zero-order chi connectivity index (χ0) is 23.8. The Morgan fingerprint density at radius 2 is 1.82 bits per heavy atom. The molecule has 1 atom stereocenters. The molecular weight excluding hydrogens is 423 g/mol. The van der Waals surface area contributed by atoms with Crippen molar-refractivity contribution < 1.29 is 23.5 Å². The van der Waals surface area contributed by atoms with Gasteiger partial charge < -0.3 is 20.1 Å². The van der Waals surface area contributed by atoms with Gasteiger partial charge in [-0.25, -0.2) is 4.39 Å². The van der Waals surface area contributed by atoms with E-state index in [1.165, 1.54) is 12.1 Å². The summed E-state index contributed by atoms with van der Waals surface area (Å²) in [6.07, 6.45) is 1.36. The number of nitrogens with one attached hydrogen (secondary N) is 2. The van der Waals surface area contributed by atoms with Gasteiger partial charge in [0.25, 0.3) is 5.91 Å². The molecule has 178 valence electrons. The molecule has 2 aromatic rings. The molecule has 2 amide bonds. The van der Waals surface area contributed by atoms with Crippen LogP contribution in [0.2, 0.25) is 0 Å². The van der Waals surface area contributed by atoms with Gasteiger partial charge in [-0.3, -0.25) is 9.59 Å². The fraction of sp³-hybridized carbons (Fsp3) is 0.462. The molecule has 1 saturated heterocycles. The van der Waals surface area contributed by atoms with Gasteiger partial charge in [-0.05, 0) is 67.6 Å². The maximum atomic E-state index is 13.9. The first-order valence-electron chi connectivity index (χ1n) is 11.5. The average molecular weight is 457 g/mol. The number of hydrogen-bond donors (Lipinski definition) is 2. The highest BCUT2D eigenvalue weighted by molar-refractivity contribution is 5.97. The highest BCUT2D eigenvalue weighted by Crippen LogP contribution is 2.34. The number of rotatable bonds is 9. The maximum Gasteiger partial charge on any atom is 0.251 e. The first kappa shape index (κ1) is 24.7. The van der Waals surface area contributed by atoms with Crippen molar-refractivity contribution in [2.24, 2.45) is 5.92 Å². The molecule has 1 unspecified atom stereocenters. The lowest BCUT2D eigenvalue weighted by molar-refractivity contribution is -0.124. The maximum absolute atomic E-state index is 13.9. The van der Waals surface area contributed by atoms with Crippen LogP contribution in [0.4, 0.5) is 4.39 Å². The summed E-state index contributed by atoms with van der Waals surface area (Å²) in [5.41, 5.74) is 0.902. The van der Waals surface area contributed by atoms with E-state index < -0.39 is 11.5 Å². The van der Waals surface area contributed by atoms with Crippen molar-refractivity contribution in [3.8, 4) is 5.75 Å². The van der Waals surface area contributed by atoms with Crippen molar-refractivity contribution in [1.29, 1.82) is 0 Å². The number of ether oxygens (including phenoxy) is 2. The lowest BCUT2D eigenvalue weighted by Crippen LogP contribution is -2.53. The number of benzene rings is 2. The highest BCUT2D eigenvalue weighted by Gasteiger charge is 2.36. The summed E-state index contributed by atoms with van der Waals surface area (Å²) in [5.74, 6) is -0.306. The van der Waals surface area contributed by atoms with E-state index in [1.807, 2.05) is 26.8 Å². The van der Waals surface area contributed by atoms with Gasteiger partial charge in [0.2, 0.25) is 5.91 Å². The van der Waals surface area contributed by atoms with E-state index in [0.29, 0.717) is 50.5 Å². The van der Waals surface area contributed by atoms with E-state index in [0.717, 1.165) is 5.56 Å². The van der Waals surface area contributed by atoms with Gasteiger partial charge in [0.05, 0.1) is 6.61 Å². The zero-order valence-electron chi connectivity index (χ0n) is 19.5. The van der Waals surface area contributed by atoms with E-state index in [1.54, 1.807) is 30.3 Å². The molecule has 1 aliphatic rings. The average Bonchev–Trinajstić information content (AvgIpc) is 2.82. The molecule has 6 nitrogen and oxygen atoms in total. The predicted molar refractivity (Wildman–Crippen MR) is 125 cm³/mol. The van der Waals surface area contributed by atoms with Crippen molar-refractivity contribution in [3.05, 3.63) is 65.5 Å². The van der Waals surface area contributed by atoms with Crippen LogP contribution in [-0.4, -0.2) is 44.2 Å². The largest absolute Gasteiger partial charge is 0.494 e. The molecule has 0 aromatic heterocycles. The SMILES string of the molecule is CCOc1ccc(C(=O)NC(C(=O)NCC2(c3cccc(F)c3)CCOCC2)C(C)C)cc1. The third kappa shape index (κ3) is 6.32. The molecule has 0 spiro atoms. The summed E-state index contributed by atoms with van der Waals surface area (Å²) in [5, 5.41) is 5.88. The second-order valence-electron chi connectivity index (χ2n) is 8.77. The lowest BCUT2D eigenvalue weighted by Gasteiger charge is -2.38. The Kier molecular flexibility index (Phi) is 8.44. The second kappa shape index (κ2) is 11.3.